The Morgan fingerprint density at radius 2 is 1.76 bits per heavy atom. The molecule has 0 aromatic heterocycles. The van der Waals surface area contributed by atoms with E-state index in [0.717, 1.165) is 32.2 Å². The van der Waals surface area contributed by atoms with Gasteiger partial charge in [-0.05, 0) is 37.8 Å². The highest BCUT2D eigenvalue weighted by Crippen LogP contribution is 2.51. The Morgan fingerprint density at radius 1 is 1.14 bits per heavy atom. The van der Waals surface area contributed by atoms with Gasteiger partial charge in [0.1, 0.15) is 0 Å². The summed E-state index contributed by atoms with van der Waals surface area (Å²) in [6.45, 7) is 0.740. The Bertz CT molecular complexity index is 484. The van der Waals surface area contributed by atoms with Gasteiger partial charge in [0.2, 0.25) is 5.91 Å². The molecule has 1 aromatic carbocycles. The third kappa shape index (κ3) is 3.93. The zero-order valence-corrected chi connectivity index (χ0v) is 13.8. The van der Waals surface area contributed by atoms with Crippen LogP contribution >= 0.6 is 24.2 Å². The Hall–Kier alpha value is -0.710. The third-order valence-electron chi connectivity index (χ3n) is 4.40. The molecular formula is C16H23ClN2OS. The molecular weight excluding hydrogens is 304 g/mol. The Balaban J connectivity index is 0.00000161. The van der Waals surface area contributed by atoms with E-state index in [1.54, 1.807) is 0 Å². The van der Waals surface area contributed by atoms with Crippen molar-refractivity contribution in [3.63, 3.8) is 0 Å². The fourth-order valence-electron chi connectivity index (χ4n) is 2.84. The number of hydrogen-bond acceptors (Lipinski definition) is 3. The lowest BCUT2D eigenvalue weighted by molar-refractivity contribution is -0.126. The van der Waals surface area contributed by atoms with Crippen LogP contribution in [0.2, 0.25) is 0 Å². The number of thioether (sulfide) groups is 1. The van der Waals surface area contributed by atoms with Gasteiger partial charge in [0.25, 0.3) is 0 Å². The molecule has 116 valence electrons. The molecule has 0 unspecified atom stereocenters. The molecule has 3 nitrogen and oxygen atoms in total. The normalized spacial score (nSPS) is 21.4. The first-order valence-electron chi connectivity index (χ1n) is 7.43. The van der Waals surface area contributed by atoms with E-state index in [9.17, 15) is 4.79 Å². The van der Waals surface area contributed by atoms with Gasteiger partial charge >= 0.3 is 0 Å². The molecule has 0 atom stereocenters. The molecule has 0 saturated heterocycles. The van der Waals surface area contributed by atoms with E-state index in [2.05, 4.69) is 29.6 Å². The smallest absolute Gasteiger partial charge is 0.240 e. The average molecular weight is 327 g/mol. The summed E-state index contributed by atoms with van der Waals surface area (Å²) in [5, 5.41) is 3.10. The van der Waals surface area contributed by atoms with E-state index in [-0.39, 0.29) is 23.1 Å². The van der Waals surface area contributed by atoms with Crippen LogP contribution in [0.25, 0.3) is 0 Å². The molecule has 2 aliphatic carbocycles. The third-order valence-corrected chi connectivity index (χ3v) is 5.90. The zero-order chi connectivity index (χ0) is 14.1. The number of rotatable bonds is 5. The number of nitrogens with one attached hydrogen (secondary N) is 1. The van der Waals surface area contributed by atoms with E-state index in [0.29, 0.717) is 0 Å². The largest absolute Gasteiger partial charge is 0.353 e. The minimum absolute atomic E-state index is 0. The standard InChI is InChI=1S/C16H22N2OS.ClH/c17-16(8-4-5-9-16)14(19)18-12-15(10-11-15)20-13-6-2-1-3-7-13;/h1-3,6-7H,4-5,8-12,17H2,(H,18,19);1H. The SMILES string of the molecule is Cl.NC1(C(=O)NCC2(Sc3ccccc3)CC2)CCCC1. The van der Waals surface area contributed by atoms with Crippen molar-refractivity contribution < 1.29 is 4.79 Å². The predicted octanol–water partition coefficient (Wildman–Crippen LogP) is 3.12. The molecule has 1 aromatic rings. The maximum absolute atomic E-state index is 12.2. The number of carbonyl (C=O) groups is 1. The Kier molecular flexibility index (Phi) is 5.23. The van der Waals surface area contributed by atoms with Crippen molar-refractivity contribution in [2.24, 2.45) is 5.73 Å². The molecule has 21 heavy (non-hydrogen) atoms. The second-order valence-electron chi connectivity index (χ2n) is 6.14. The number of nitrogens with two attached hydrogens (primary N) is 1. The maximum Gasteiger partial charge on any atom is 0.240 e. The van der Waals surface area contributed by atoms with Crippen molar-refractivity contribution in [2.75, 3.05) is 6.54 Å². The first kappa shape index (κ1) is 16.7. The van der Waals surface area contributed by atoms with Crippen LogP contribution in [-0.4, -0.2) is 22.7 Å². The number of carbonyl (C=O) groups excluding carboxylic acids is 1. The van der Waals surface area contributed by atoms with Gasteiger partial charge in [-0.2, -0.15) is 0 Å². The predicted molar refractivity (Wildman–Crippen MR) is 89.9 cm³/mol. The van der Waals surface area contributed by atoms with Crippen LogP contribution < -0.4 is 11.1 Å². The summed E-state index contributed by atoms with van der Waals surface area (Å²) in [6.07, 6.45) is 6.16. The minimum Gasteiger partial charge on any atom is -0.353 e. The van der Waals surface area contributed by atoms with Crippen molar-refractivity contribution in [1.29, 1.82) is 0 Å². The van der Waals surface area contributed by atoms with Gasteiger partial charge in [-0.3, -0.25) is 4.79 Å². The fraction of sp³-hybridized carbons (Fsp3) is 0.562. The van der Waals surface area contributed by atoms with Gasteiger partial charge < -0.3 is 11.1 Å². The summed E-state index contributed by atoms with van der Waals surface area (Å²) in [5.74, 6) is 0.0509. The van der Waals surface area contributed by atoms with Crippen LogP contribution in [-0.2, 0) is 4.79 Å². The first-order chi connectivity index (χ1) is 9.62. The molecule has 0 radical (unpaired) electrons. The van der Waals surface area contributed by atoms with Crippen LogP contribution in [0.15, 0.2) is 35.2 Å². The molecule has 0 heterocycles. The van der Waals surface area contributed by atoms with Gasteiger partial charge in [0, 0.05) is 16.2 Å². The summed E-state index contributed by atoms with van der Waals surface area (Å²) in [5.41, 5.74) is 5.58. The van der Waals surface area contributed by atoms with Crippen molar-refractivity contribution in [2.45, 2.75) is 53.7 Å². The molecule has 0 bridgehead atoms. The van der Waals surface area contributed by atoms with Crippen molar-refractivity contribution >= 4 is 30.1 Å². The Labute approximate surface area is 136 Å². The van der Waals surface area contributed by atoms with Crippen molar-refractivity contribution in [3.8, 4) is 0 Å². The molecule has 0 aliphatic heterocycles. The van der Waals surface area contributed by atoms with Crippen LogP contribution in [0.5, 0.6) is 0 Å². The van der Waals surface area contributed by atoms with E-state index >= 15 is 0 Å². The summed E-state index contributed by atoms with van der Waals surface area (Å²) in [6, 6.07) is 10.4. The molecule has 2 fully saturated rings. The lowest BCUT2D eigenvalue weighted by atomic mass is 9.98. The molecule has 0 spiro atoms. The van der Waals surface area contributed by atoms with Gasteiger partial charge in [-0.15, -0.1) is 24.2 Å². The van der Waals surface area contributed by atoms with Crippen LogP contribution in [0.1, 0.15) is 38.5 Å². The van der Waals surface area contributed by atoms with Crippen LogP contribution in [0, 0.1) is 0 Å². The fourth-order valence-corrected chi connectivity index (χ4v) is 4.09. The minimum atomic E-state index is -0.604. The van der Waals surface area contributed by atoms with Gasteiger partial charge in [-0.1, -0.05) is 31.0 Å². The van der Waals surface area contributed by atoms with E-state index in [1.165, 1.54) is 17.7 Å². The second-order valence-corrected chi connectivity index (χ2v) is 7.69. The molecule has 1 amide bonds. The molecule has 3 N–H and O–H groups in total. The molecule has 2 saturated carbocycles. The average Bonchev–Trinajstić information content (AvgIpc) is 3.07. The highest BCUT2D eigenvalue weighted by molar-refractivity contribution is 8.01. The molecule has 2 aliphatic rings. The highest BCUT2D eigenvalue weighted by atomic mass is 35.5. The maximum atomic E-state index is 12.2. The van der Waals surface area contributed by atoms with Crippen LogP contribution in [0.4, 0.5) is 0 Å². The Morgan fingerprint density at radius 3 is 2.33 bits per heavy atom. The van der Waals surface area contributed by atoms with E-state index < -0.39 is 5.54 Å². The second kappa shape index (κ2) is 6.59. The molecule has 5 heteroatoms. The summed E-state index contributed by atoms with van der Waals surface area (Å²) in [4.78, 5) is 13.5. The lowest BCUT2D eigenvalue weighted by Gasteiger charge is -2.24. The lowest BCUT2D eigenvalue weighted by Crippen LogP contribution is -2.53. The summed E-state index contributed by atoms with van der Waals surface area (Å²) in [7, 11) is 0. The highest BCUT2D eigenvalue weighted by Gasteiger charge is 2.45. The zero-order valence-electron chi connectivity index (χ0n) is 12.1. The summed E-state index contributed by atoms with van der Waals surface area (Å²) < 4.78 is 0.200. The number of benzene rings is 1. The first-order valence-corrected chi connectivity index (χ1v) is 8.25. The van der Waals surface area contributed by atoms with E-state index in [4.69, 9.17) is 5.73 Å². The van der Waals surface area contributed by atoms with Gasteiger partial charge in [0.15, 0.2) is 0 Å². The number of hydrogen-bond donors (Lipinski definition) is 2. The quantitative estimate of drug-likeness (QED) is 0.874. The van der Waals surface area contributed by atoms with Crippen molar-refractivity contribution in [1.82, 2.24) is 5.32 Å². The van der Waals surface area contributed by atoms with Gasteiger partial charge in [-0.25, -0.2) is 0 Å². The molecule has 3 rings (SSSR count). The van der Waals surface area contributed by atoms with Crippen molar-refractivity contribution in [3.05, 3.63) is 30.3 Å². The van der Waals surface area contributed by atoms with Gasteiger partial charge in [0.05, 0.1) is 5.54 Å². The van der Waals surface area contributed by atoms with Crippen LogP contribution in [0.3, 0.4) is 0 Å². The topological polar surface area (TPSA) is 55.1 Å². The number of halogens is 1. The number of amides is 1. The summed E-state index contributed by atoms with van der Waals surface area (Å²) >= 11 is 1.88. The monoisotopic (exact) mass is 326 g/mol. The van der Waals surface area contributed by atoms with E-state index in [1.807, 2.05) is 17.8 Å².